The van der Waals surface area contributed by atoms with Crippen molar-refractivity contribution in [3.05, 3.63) is 27.7 Å². The lowest BCUT2D eigenvalue weighted by molar-refractivity contribution is 0.124. The molecule has 2 heterocycles. The van der Waals surface area contributed by atoms with Gasteiger partial charge in [0.05, 0.1) is 5.69 Å². The molecule has 1 saturated heterocycles. The molecule has 0 unspecified atom stereocenters. The minimum absolute atomic E-state index is 0.113. The highest BCUT2D eigenvalue weighted by Gasteiger charge is 2.25. The highest BCUT2D eigenvalue weighted by molar-refractivity contribution is 5.20. The van der Waals surface area contributed by atoms with Crippen molar-refractivity contribution in [2.45, 2.75) is 64.3 Å². The molecule has 0 radical (unpaired) electrons. The van der Waals surface area contributed by atoms with Gasteiger partial charge in [0.1, 0.15) is 0 Å². The summed E-state index contributed by atoms with van der Waals surface area (Å²) in [6.45, 7) is 4.55. The third-order valence-corrected chi connectivity index (χ3v) is 6.15. The molecule has 0 aromatic carbocycles. The Morgan fingerprint density at radius 2 is 1.70 bits per heavy atom. The van der Waals surface area contributed by atoms with Gasteiger partial charge in [-0.05, 0) is 81.9 Å². The Kier molecular flexibility index (Phi) is 4.52. The normalized spacial score (nSPS) is 23.5. The molecular weight excluding hydrogens is 286 g/mol. The number of piperidine rings is 1. The monoisotopic (exact) mass is 315 g/mol. The Hall–Kier alpha value is -1.16. The van der Waals surface area contributed by atoms with Gasteiger partial charge in [0.25, 0.3) is 5.56 Å². The van der Waals surface area contributed by atoms with Gasteiger partial charge < -0.3 is 4.90 Å². The number of hydrogen-bond acceptors (Lipinski definition) is 3. The topological polar surface area (TPSA) is 38.1 Å². The highest BCUT2D eigenvalue weighted by atomic mass is 16.1. The van der Waals surface area contributed by atoms with Gasteiger partial charge in [-0.15, -0.1) is 0 Å². The number of aromatic nitrogens is 2. The maximum Gasteiger partial charge on any atom is 0.267 e. The molecular formula is C19H29N3O. The van der Waals surface area contributed by atoms with E-state index < -0.39 is 0 Å². The minimum Gasteiger partial charge on any atom is -0.303 e. The molecule has 0 bridgehead atoms. The summed E-state index contributed by atoms with van der Waals surface area (Å²) in [5.41, 5.74) is 2.49. The molecule has 0 N–H and O–H groups in total. The van der Waals surface area contributed by atoms with E-state index in [1.807, 2.05) is 6.07 Å². The highest BCUT2D eigenvalue weighted by Crippen LogP contribution is 2.29. The lowest BCUT2D eigenvalue weighted by Gasteiger charge is -2.37. The Balaban J connectivity index is 1.34. The van der Waals surface area contributed by atoms with Crippen LogP contribution < -0.4 is 5.56 Å². The molecule has 4 heteroatoms. The molecule has 2 fully saturated rings. The molecule has 4 nitrogen and oxygen atoms in total. The molecule has 23 heavy (non-hydrogen) atoms. The van der Waals surface area contributed by atoms with E-state index in [4.69, 9.17) is 0 Å². The molecule has 0 amide bonds. The van der Waals surface area contributed by atoms with E-state index in [0.29, 0.717) is 5.92 Å². The van der Waals surface area contributed by atoms with Crippen molar-refractivity contribution in [2.24, 2.45) is 11.8 Å². The number of rotatable bonds is 4. The second-order valence-corrected chi connectivity index (χ2v) is 7.88. The molecule has 126 valence electrons. The van der Waals surface area contributed by atoms with Crippen molar-refractivity contribution >= 4 is 0 Å². The molecule has 2 aliphatic carbocycles. The van der Waals surface area contributed by atoms with E-state index in [1.165, 1.54) is 75.8 Å². The van der Waals surface area contributed by atoms with E-state index in [9.17, 15) is 4.79 Å². The molecule has 4 rings (SSSR count). The smallest absolute Gasteiger partial charge is 0.267 e. The quantitative estimate of drug-likeness (QED) is 0.857. The first-order valence-corrected chi connectivity index (χ1v) is 9.60. The Morgan fingerprint density at radius 3 is 2.43 bits per heavy atom. The van der Waals surface area contributed by atoms with Crippen LogP contribution in [0.3, 0.4) is 0 Å². The number of nitrogens with zero attached hydrogens (tertiary/aromatic N) is 3. The average molecular weight is 315 g/mol. The second kappa shape index (κ2) is 6.76. The van der Waals surface area contributed by atoms with E-state index in [1.54, 1.807) is 4.68 Å². The van der Waals surface area contributed by atoms with Crippen LogP contribution in [0.25, 0.3) is 0 Å². The predicted octanol–water partition coefficient (Wildman–Crippen LogP) is 2.63. The molecule has 1 aromatic rings. The largest absolute Gasteiger partial charge is 0.303 e. The fourth-order valence-electron chi connectivity index (χ4n) is 4.37. The van der Waals surface area contributed by atoms with Crippen LogP contribution in [-0.4, -0.2) is 34.3 Å². The molecule has 1 saturated carbocycles. The van der Waals surface area contributed by atoms with Crippen molar-refractivity contribution in [1.82, 2.24) is 14.7 Å². The van der Waals surface area contributed by atoms with Crippen LogP contribution in [0.5, 0.6) is 0 Å². The van der Waals surface area contributed by atoms with Gasteiger partial charge in [0, 0.05) is 19.2 Å². The standard InChI is InChI=1S/C19H29N3O/c23-19-12-17-6-1-2-7-18(17)20-22(19)14-16-8-10-21(11-9-16)13-15-4-3-5-15/h12,15-16H,1-11,13-14H2. The second-order valence-electron chi connectivity index (χ2n) is 7.88. The van der Waals surface area contributed by atoms with Gasteiger partial charge >= 0.3 is 0 Å². The molecule has 3 aliphatic rings. The summed E-state index contributed by atoms with van der Waals surface area (Å²) in [4.78, 5) is 15.0. The Morgan fingerprint density at radius 1 is 0.957 bits per heavy atom. The Labute approximate surface area is 138 Å². The van der Waals surface area contributed by atoms with E-state index >= 15 is 0 Å². The van der Waals surface area contributed by atoms with Crippen LogP contribution in [0.2, 0.25) is 0 Å². The maximum atomic E-state index is 12.3. The van der Waals surface area contributed by atoms with Crippen LogP contribution in [0.1, 0.15) is 56.2 Å². The summed E-state index contributed by atoms with van der Waals surface area (Å²) in [6.07, 6.45) is 11.3. The molecule has 1 aromatic heterocycles. The van der Waals surface area contributed by atoms with Crippen LogP contribution in [0.15, 0.2) is 10.9 Å². The van der Waals surface area contributed by atoms with Crippen molar-refractivity contribution < 1.29 is 0 Å². The average Bonchev–Trinajstić information content (AvgIpc) is 2.53. The van der Waals surface area contributed by atoms with Crippen molar-refractivity contribution in [1.29, 1.82) is 0 Å². The maximum absolute atomic E-state index is 12.3. The van der Waals surface area contributed by atoms with Crippen molar-refractivity contribution in [2.75, 3.05) is 19.6 Å². The van der Waals surface area contributed by atoms with Gasteiger partial charge in [0.2, 0.25) is 0 Å². The zero-order chi connectivity index (χ0) is 15.6. The van der Waals surface area contributed by atoms with Gasteiger partial charge in [-0.2, -0.15) is 5.10 Å². The zero-order valence-electron chi connectivity index (χ0n) is 14.2. The summed E-state index contributed by atoms with van der Waals surface area (Å²) in [7, 11) is 0. The zero-order valence-corrected chi connectivity index (χ0v) is 14.2. The van der Waals surface area contributed by atoms with Gasteiger partial charge in [-0.3, -0.25) is 4.79 Å². The number of aryl methyl sites for hydroxylation is 2. The SMILES string of the molecule is O=c1cc2c(nn1CC1CCN(CC3CCC3)CC1)CCCC2. The summed E-state index contributed by atoms with van der Waals surface area (Å²) >= 11 is 0. The fraction of sp³-hybridized carbons (Fsp3) is 0.789. The lowest BCUT2D eigenvalue weighted by atomic mass is 9.84. The van der Waals surface area contributed by atoms with Crippen LogP contribution in [0, 0.1) is 11.8 Å². The fourth-order valence-corrected chi connectivity index (χ4v) is 4.37. The summed E-state index contributed by atoms with van der Waals surface area (Å²) in [5.74, 6) is 1.59. The van der Waals surface area contributed by atoms with Crippen LogP contribution in [0.4, 0.5) is 0 Å². The summed E-state index contributed by atoms with van der Waals surface area (Å²) < 4.78 is 1.76. The first-order valence-electron chi connectivity index (χ1n) is 9.60. The minimum atomic E-state index is 0.113. The summed E-state index contributed by atoms with van der Waals surface area (Å²) in [5, 5.41) is 4.69. The molecule has 0 spiro atoms. The number of fused-ring (bicyclic) bond motifs is 1. The van der Waals surface area contributed by atoms with E-state index in [2.05, 4.69) is 10.00 Å². The van der Waals surface area contributed by atoms with E-state index in [-0.39, 0.29) is 5.56 Å². The number of likely N-dealkylation sites (tertiary alicyclic amines) is 1. The first-order chi connectivity index (χ1) is 11.3. The van der Waals surface area contributed by atoms with Crippen LogP contribution >= 0.6 is 0 Å². The van der Waals surface area contributed by atoms with Gasteiger partial charge in [-0.1, -0.05) is 6.42 Å². The molecule has 1 aliphatic heterocycles. The first kappa shape index (κ1) is 15.4. The van der Waals surface area contributed by atoms with Crippen LogP contribution in [-0.2, 0) is 19.4 Å². The lowest BCUT2D eigenvalue weighted by Crippen LogP contribution is -2.40. The van der Waals surface area contributed by atoms with Gasteiger partial charge in [-0.25, -0.2) is 4.68 Å². The predicted molar refractivity (Wildman–Crippen MR) is 91.6 cm³/mol. The third kappa shape index (κ3) is 3.52. The Bertz CT molecular complexity index is 597. The van der Waals surface area contributed by atoms with Gasteiger partial charge in [0.15, 0.2) is 0 Å². The van der Waals surface area contributed by atoms with E-state index in [0.717, 1.165) is 25.3 Å². The number of hydrogen-bond donors (Lipinski definition) is 0. The molecule has 0 atom stereocenters. The third-order valence-electron chi connectivity index (χ3n) is 6.15. The van der Waals surface area contributed by atoms with Crippen molar-refractivity contribution in [3.8, 4) is 0 Å². The van der Waals surface area contributed by atoms with Crippen molar-refractivity contribution in [3.63, 3.8) is 0 Å². The summed E-state index contributed by atoms with van der Waals surface area (Å²) in [6, 6.07) is 1.85.